The molecule has 0 heterocycles. The number of rotatable bonds is 3. The molecule has 94 valence electrons. The summed E-state index contributed by atoms with van der Waals surface area (Å²) < 4.78 is 5.18. The van der Waals surface area contributed by atoms with Crippen molar-refractivity contribution in [1.29, 1.82) is 5.26 Å². The van der Waals surface area contributed by atoms with Crippen molar-refractivity contribution in [3.8, 4) is 6.07 Å². The number of benzene rings is 2. The van der Waals surface area contributed by atoms with E-state index < -0.39 is 0 Å². The minimum absolute atomic E-state index is 0.646. The van der Waals surface area contributed by atoms with E-state index in [9.17, 15) is 5.26 Å². The van der Waals surface area contributed by atoms with Crippen LogP contribution in [0.15, 0.2) is 54.8 Å². The van der Waals surface area contributed by atoms with Gasteiger partial charge in [-0.25, -0.2) is 0 Å². The average molecular weight is 249 g/mol. The second-order valence-electron chi connectivity index (χ2n) is 4.29. The van der Waals surface area contributed by atoms with Crippen molar-refractivity contribution in [1.82, 2.24) is 0 Å². The Labute approximate surface area is 113 Å². The van der Waals surface area contributed by atoms with E-state index in [1.165, 1.54) is 5.56 Å². The van der Waals surface area contributed by atoms with Crippen molar-refractivity contribution in [2.24, 2.45) is 0 Å². The molecule has 19 heavy (non-hydrogen) atoms. The van der Waals surface area contributed by atoms with Crippen molar-refractivity contribution in [2.45, 2.75) is 6.92 Å². The molecule has 0 amide bonds. The first-order valence-corrected chi connectivity index (χ1v) is 6.05. The summed E-state index contributed by atoms with van der Waals surface area (Å²) in [6.45, 7) is 2.05. The summed E-state index contributed by atoms with van der Waals surface area (Å²) in [6, 6.07) is 17.9. The van der Waals surface area contributed by atoms with Crippen LogP contribution in [0.5, 0.6) is 0 Å². The second-order valence-corrected chi connectivity index (χ2v) is 4.29. The second kappa shape index (κ2) is 5.88. The van der Waals surface area contributed by atoms with Crippen LogP contribution < -0.4 is 0 Å². The molecule has 2 aromatic rings. The molecule has 0 atom stereocenters. The van der Waals surface area contributed by atoms with Crippen molar-refractivity contribution in [2.75, 3.05) is 7.11 Å². The molecule has 2 rings (SSSR count). The highest BCUT2D eigenvalue weighted by Gasteiger charge is 2.10. The highest BCUT2D eigenvalue weighted by atomic mass is 16.5. The average Bonchev–Trinajstić information content (AvgIpc) is 2.45. The third-order valence-electron chi connectivity index (χ3n) is 2.90. The Hall–Kier alpha value is -2.53. The third kappa shape index (κ3) is 2.83. The maximum atomic E-state index is 9.22. The van der Waals surface area contributed by atoms with Crippen molar-refractivity contribution >= 4 is 5.57 Å². The standard InChI is InChI=1S/C17H15NO/c1-13-6-5-8-14(10-13)17(12-19-2)16-9-4-3-7-15(16)11-18/h3-10,12H,1-2H3/b17-12-. The van der Waals surface area contributed by atoms with Gasteiger partial charge in [-0.05, 0) is 18.6 Å². The van der Waals surface area contributed by atoms with E-state index in [0.717, 1.165) is 16.7 Å². The van der Waals surface area contributed by atoms with Gasteiger partial charge in [0.1, 0.15) is 0 Å². The Kier molecular flexibility index (Phi) is 4.00. The van der Waals surface area contributed by atoms with E-state index >= 15 is 0 Å². The van der Waals surface area contributed by atoms with E-state index in [4.69, 9.17) is 4.74 Å². The fourth-order valence-electron chi connectivity index (χ4n) is 2.03. The van der Waals surface area contributed by atoms with Gasteiger partial charge in [-0.2, -0.15) is 5.26 Å². The predicted octanol–water partition coefficient (Wildman–Crippen LogP) is 3.90. The van der Waals surface area contributed by atoms with Gasteiger partial charge in [0.2, 0.25) is 0 Å². The van der Waals surface area contributed by atoms with Crippen LogP contribution in [0.4, 0.5) is 0 Å². The van der Waals surface area contributed by atoms with Crippen LogP contribution in [0.3, 0.4) is 0 Å². The summed E-state index contributed by atoms with van der Waals surface area (Å²) in [5.74, 6) is 0. The lowest BCUT2D eigenvalue weighted by molar-refractivity contribution is 0.340. The monoisotopic (exact) mass is 249 g/mol. The molecular formula is C17H15NO. The topological polar surface area (TPSA) is 33.0 Å². The normalized spacial score (nSPS) is 10.9. The van der Waals surface area contributed by atoms with E-state index in [-0.39, 0.29) is 0 Å². The molecule has 0 radical (unpaired) electrons. The van der Waals surface area contributed by atoms with Crippen LogP contribution in [0, 0.1) is 18.3 Å². The molecule has 0 N–H and O–H groups in total. The zero-order chi connectivity index (χ0) is 13.7. The van der Waals surface area contributed by atoms with Crippen LogP contribution >= 0.6 is 0 Å². The summed E-state index contributed by atoms with van der Waals surface area (Å²) in [7, 11) is 1.62. The van der Waals surface area contributed by atoms with Crippen LogP contribution in [-0.4, -0.2) is 7.11 Å². The molecule has 0 unspecified atom stereocenters. The number of nitrogens with zero attached hydrogens (tertiary/aromatic N) is 1. The van der Waals surface area contributed by atoms with Crippen LogP contribution in [0.2, 0.25) is 0 Å². The van der Waals surface area contributed by atoms with Crippen molar-refractivity contribution in [3.05, 3.63) is 77.0 Å². The number of hydrogen-bond donors (Lipinski definition) is 0. The highest BCUT2D eigenvalue weighted by molar-refractivity contribution is 5.82. The molecule has 0 aromatic heterocycles. The van der Waals surface area contributed by atoms with Crippen LogP contribution in [0.1, 0.15) is 22.3 Å². The highest BCUT2D eigenvalue weighted by Crippen LogP contribution is 2.26. The molecule has 0 aliphatic carbocycles. The third-order valence-corrected chi connectivity index (χ3v) is 2.90. The summed E-state index contributed by atoms with van der Waals surface area (Å²) in [6.07, 6.45) is 1.69. The largest absolute Gasteiger partial charge is 0.504 e. The number of aryl methyl sites for hydroxylation is 1. The molecule has 2 aromatic carbocycles. The number of methoxy groups -OCH3 is 1. The Balaban J connectivity index is 2.60. The lowest BCUT2D eigenvalue weighted by Gasteiger charge is -2.10. The van der Waals surface area contributed by atoms with Gasteiger partial charge < -0.3 is 4.74 Å². The zero-order valence-electron chi connectivity index (χ0n) is 11.1. The van der Waals surface area contributed by atoms with E-state index in [1.807, 2.05) is 49.4 Å². The summed E-state index contributed by atoms with van der Waals surface area (Å²) in [5, 5.41) is 9.22. The molecular weight excluding hydrogens is 234 g/mol. The molecule has 2 nitrogen and oxygen atoms in total. The van der Waals surface area contributed by atoms with E-state index in [0.29, 0.717) is 5.56 Å². The maximum absolute atomic E-state index is 9.22. The minimum atomic E-state index is 0.646. The molecule has 0 fully saturated rings. The fraction of sp³-hybridized carbons (Fsp3) is 0.118. The zero-order valence-corrected chi connectivity index (χ0v) is 11.1. The Bertz CT molecular complexity index is 650. The van der Waals surface area contributed by atoms with E-state index in [1.54, 1.807) is 13.4 Å². The summed E-state index contributed by atoms with van der Waals surface area (Å²) in [5.41, 5.74) is 4.67. The first kappa shape index (κ1) is 12.9. The predicted molar refractivity (Wildman–Crippen MR) is 76.4 cm³/mol. The SMILES string of the molecule is CO/C=C(/c1cccc(C)c1)c1ccccc1C#N. The molecule has 0 saturated carbocycles. The molecule has 0 spiro atoms. The minimum Gasteiger partial charge on any atom is -0.504 e. The smallest absolute Gasteiger partial charge is 0.0998 e. The van der Waals surface area contributed by atoms with Crippen LogP contribution in [-0.2, 0) is 4.74 Å². The van der Waals surface area contributed by atoms with Gasteiger partial charge >= 0.3 is 0 Å². The first-order chi connectivity index (χ1) is 9.26. The van der Waals surface area contributed by atoms with Gasteiger partial charge in [0.05, 0.1) is 25.0 Å². The summed E-state index contributed by atoms with van der Waals surface area (Å²) >= 11 is 0. The van der Waals surface area contributed by atoms with E-state index in [2.05, 4.69) is 12.1 Å². The molecule has 2 heteroatoms. The lowest BCUT2D eigenvalue weighted by atomic mass is 9.94. The van der Waals surface area contributed by atoms with Gasteiger partial charge in [0.25, 0.3) is 0 Å². The van der Waals surface area contributed by atoms with Crippen LogP contribution in [0.25, 0.3) is 5.57 Å². The Morgan fingerprint density at radius 3 is 2.63 bits per heavy atom. The molecule has 0 bridgehead atoms. The first-order valence-electron chi connectivity index (χ1n) is 6.05. The molecule has 0 saturated heterocycles. The lowest BCUT2D eigenvalue weighted by Crippen LogP contribution is -1.93. The quantitative estimate of drug-likeness (QED) is 0.773. The van der Waals surface area contributed by atoms with Gasteiger partial charge in [-0.15, -0.1) is 0 Å². The number of nitriles is 1. The Morgan fingerprint density at radius 1 is 1.16 bits per heavy atom. The van der Waals surface area contributed by atoms with Gasteiger partial charge in [-0.3, -0.25) is 0 Å². The maximum Gasteiger partial charge on any atom is 0.0998 e. The fourth-order valence-corrected chi connectivity index (χ4v) is 2.03. The Morgan fingerprint density at radius 2 is 1.95 bits per heavy atom. The number of hydrogen-bond acceptors (Lipinski definition) is 2. The van der Waals surface area contributed by atoms with Gasteiger partial charge in [0, 0.05) is 11.1 Å². The van der Waals surface area contributed by atoms with Gasteiger partial charge in [-0.1, -0.05) is 48.0 Å². The molecule has 0 aliphatic rings. The van der Waals surface area contributed by atoms with Gasteiger partial charge in [0.15, 0.2) is 0 Å². The van der Waals surface area contributed by atoms with Crippen molar-refractivity contribution < 1.29 is 4.74 Å². The number of ether oxygens (including phenoxy) is 1. The summed E-state index contributed by atoms with van der Waals surface area (Å²) in [4.78, 5) is 0. The van der Waals surface area contributed by atoms with Crippen molar-refractivity contribution in [3.63, 3.8) is 0 Å². The molecule has 0 aliphatic heterocycles.